The summed E-state index contributed by atoms with van der Waals surface area (Å²) in [6.07, 6.45) is 1.89. The van der Waals surface area contributed by atoms with Crippen LogP contribution in [0.15, 0.2) is 206 Å². The average Bonchev–Trinajstić information content (AvgIpc) is 3.63. The highest BCUT2D eigenvalue weighted by atomic mass is 16.5. The second kappa shape index (κ2) is 13.5. The topological polar surface area (TPSA) is 60.8 Å². The van der Waals surface area contributed by atoms with Crippen LogP contribution in [0.25, 0.3) is 78.4 Å². The fourth-order valence-electron chi connectivity index (χ4n) is 9.54. The molecule has 2 aromatic heterocycles. The summed E-state index contributed by atoms with van der Waals surface area (Å²) in [5.41, 5.74) is 14.6. The number of fused-ring (bicyclic) bond motifs is 10. The third-order valence-corrected chi connectivity index (χ3v) is 12.0. The molecular weight excluding hydrogens is 733 g/mol. The molecule has 0 radical (unpaired) electrons. The summed E-state index contributed by atoms with van der Waals surface area (Å²) in [7, 11) is 0. The Hall–Kier alpha value is -8.02. The summed E-state index contributed by atoms with van der Waals surface area (Å²) in [5, 5.41) is 1.10. The monoisotopic (exact) mass is 766 g/mol. The van der Waals surface area contributed by atoms with E-state index in [1.807, 2.05) is 72.9 Å². The molecule has 0 fully saturated rings. The Bertz CT molecular complexity index is 3200. The van der Waals surface area contributed by atoms with Gasteiger partial charge in [-0.15, -0.1) is 0 Å². The number of para-hydroxylation sites is 3. The number of benzene rings is 8. The molecule has 0 saturated carbocycles. The van der Waals surface area contributed by atoms with E-state index in [1.54, 1.807) is 0 Å². The maximum absolute atomic E-state index is 6.70. The predicted octanol–water partition coefficient (Wildman–Crippen LogP) is 13.2. The highest BCUT2D eigenvalue weighted by molar-refractivity contribution is 6.06. The van der Waals surface area contributed by atoms with Gasteiger partial charge in [0.2, 0.25) is 0 Å². The molecule has 8 aromatic carbocycles. The summed E-state index contributed by atoms with van der Waals surface area (Å²) in [4.78, 5) is 20.1. The van der Waals surface area contributed by atoms with Crippen LogP contribution in [0.2, 0.25) is 0 Å². The maximum atomic E-state index is 6.70. The Morgan fingerprint density at radius 3 is 1.48 bits per heavy atom. The van der Waals surface area contributed by atoms with Gasteiger partial charge in [-0.25, -0.2) is 15.0 Å². The van der Waals surface area contributed by atoms with Gasteiger partial charge in [-0.2, -0.15) is 0 Å². The van der Waals surface area contributed by atoms with E-state index in [-0.39, 0.29) is 0 Å². The number of pyridine rings is 1. The number of rotatable bonds is 5. The molecule has 60 heavy (non-hydrogen) atoms. The molecule has 3 heterocycles. The third kappa shape index (κ3) is 5.12. The Labute approximate surface area is 347 Å². The molecule has 5 nitrogen and oxygen atoms in total. The minimum absolute atomic E-state index is 0.615. The van der Waals surface area contributed by atoms with Gasteiger partial charge in [0.25, 0.3) is 0 Å². The molecule has 0 saturated heterocycles. The van der Waals surface area contributed by atoms with Crippen molar-refractivity contribution in [2.75, 3.05) is 0 Å². The van der Waals surface area contributed by atoms with Crippen molar-refractivity contribution >= 4 is 10.9 Å². The van der Waals surface area contributed by atoms with E-state index >= 15 is 0 Å². The number of hydrogen-bond donors (Lipinski definition) is 0. The van der Waals surface area contributed by atoms with E-state index in [2.05, 4.69) is 133 Å². The van der Waals surface area contributed by atoms with Crippen LogP contribution in [-0.4, -0.2) is 19.9 Å². The Kier molecular flexibility index (Phi) is 7.69. The van der Waals surface area contributed by atoms with Gasteiger partial charge < -0.3 is 4.74 Å². The molecule has 0 amide bonds. The number of nitrogens with zero attached hydrogens (tertiary/aromatic N) is 4. The maximum Gasteiger partial charge on any atom is 0.164 e. The summed E-state index contributed by atoms with van der Waals surface area (Å²) < 4.78 is 6.70. The van der Waals surface area contributed by atoms with Crippen molar-refractivity contribution in [2.24, 2.45) is 0 Å². The number of aromatic nitrogens is 4. The lowest BCUT2D eigenvalue weighted by molar-refractivity contribution is 0.436. The molecule has 5 heteroatoms. The van der Waals surface area contributed by atoms with Crippen LogP contribution in [0.5, 0.6) is 11.5 Å². The lowest BCUT2D eigenvalue weighted by atomic mass is 9.66. The van der Waals surface area contributed by atoms with E-state index in [4.69, 9.17) is 24.7 Å². The second-order valence-corrected chi connectivity index (χ2v) is 15.3. The van der Waals surface area contributed by atoms with Crippen molar-refractivity contribution in [3.05, 3.63) is 229 Å². The van der Waals surface area contributed by atoms with Gasteiger partial charge in [0.15, 0.2) is 17.5 Å². The molecule has 1 aliphatic heterocycles. The van der Waals surface area contributed by atoms with Gasteiger partial charge in [-0.1, -0.05) is 176 Å². The second-order valence-electron chi connectivity index (χ2n) is 15.3. The lowest BCUT2D eigenvalue weighted by Crippen LogP contribution is -2.32. The summed E-state index contributed by atoms with van der Waals surface area (Å²) >= 11 is 0. The fourth-order valence-corrected chi connectivity index (χ4v) is 9.54. The highest BCUT2D eigenvalue weighted by Gasteiger charge is 2.52. The first-order chi connectivity index (χ1) is 29.8. The van der Waals surface area contributed by atoms with Crippen LogP contribution >= 0.6 is 0 Å². The predicted molar refractivity (Wildman–Crippen MR) is 240 cm³/mol. The normalized spacial score (nSPS) is 12.9. The standard InChI is InChI=1S/C55H34N4O/c1-3-16-36(17-4-1)52-57-53(37-18-5-2-6-19-37)59-54(58-52)39-22-11-21-38(34-39)40-24-13-29-45-49(40)50-41(42-26-12-20-35-23-15-33-56-51(35)42)25-14-30-46(50)55(45)43-27-7-9-31-47(43)60-48-32-10-8-28-44(48)55/h1-34H. The molecule has 1 aliphatic carbocycles. The Morgan fingerprint density at radius 2 is 0.817 bits per heavy atom. The van der Waals surface area contributed by atoms with Crippen LogP contribution in [0.1, 0.15) is 22.3 Å². The van der Waals surface area contributed by atoms with Crippen LogP contribution in [0, 0.1) is 0 Å². The quantitative estimate of drug-likeness (QED) is 0.175. The first kappa shape index (κ1) is 34.1. The van der Waals surface area contributed by atoms with Gasteiger partial charge >= 0.3 is 0 Å². The molecule has 12 rings (SSSR count). The lowest BCUT2D eigenvalue weighted by Gasteiger charge is -2.39. The van der Waals surface area contributed by atoms with Gasteiger partial charge in [0.05, 0.1) is 10.9 Å². The van der Waals surface area contributed by atoms with Crippen LogP contribution in [-0.2, 0) is 5.41 Å². The smallest absolute Gasteiger partial charge is 0.164 e. The minimum atomic E-state index is -0.652. The van der Waals surface area contributed by atoms with Crippen molar-refractivity contribution in [3.63, 3.8) is 0 Å². The van der Waals surface area contributed by atoms with Crippen molar-refractivity contribution < 1.29 is 4.74 Å². The third-order valence-electron chi connectivity index (χ3n) is 12.0. The zero-order valence-corrected chi connectivity index (χ0v) is 32.3. The van der Waals surface area contributed by atoms with Crippen LogP contribution in [0.3, 0.4) is 0 Å². The van der Waals surface area contributed by atoms with Gasteiger partial charge in [-0.3, -0.25) is 4.98 Å². The van der Waals surface area contributed by atoms with Crippen molar-refractivity contribution in [1.82, 2.24) is 19.9 Å². The zero-order valence-electron chi connectivity index (χ0n) is 32.3. The zero-order chi connectivity index (χ0) is 39.6. The van der Waals surface area contributed by atoms with Gasteiger partial charge in [-0.05, 0) is 63.2 Å². The van der Waals surface area contributed by atoms with E-state index in [0.717, 1.165) is 72.5 Å². The van der Waals surface area contributed by atoms with Crippen LogP contribution < -0.4 is 4.74 Å². The summed E-state index contributed by atoms with van der Waals surface area (Å²) in [5.74, 6) is 3.60. The molecular formula is C55H34N4O. The molecule has 0 atom stereocenters. The van der Waals surface area contributed by atoms with E-state index in [0.29, 0.717) is 17.5 Å². The Balaban J connectivity index is 1.14. The number of hydrogen-bond acceptors (Lipinski definition) is 5. The molecule has 0 unspecified atom stereocenters. The average molecular weight is 767 g/mol. The molecule has 1 spiro atoms. The highest BCUT2D eigenvalue weighted by Crippen LogP contribution is 2.64. The first-order valence-corrected chi connectivity index (χ1v) is 20.2. The first-order valence-electron chi connectivity index (χ1n) is 20.2. The van der Waals surface area contributed by atoms with E-state index in [1.165, 1.54) is 22.3 Å². The van der Waals surface area contributed by atoms with E-state index in [9.17, 15) is 0 Å². The van der Waals surface area contributed by atoms with Crippen molar-refractivity contribution in [1.29, 1.82) is 0 Å². The SMILES string of the molecule is c1ccc(-c2nc(-c3ccccc3)nc(-c3cccc(-c4cccc5c4-c4c(-c6cccc7cccnc67)cccc4C54c5ccccc5Oc5ccccc54)c3)n2)cc1. The van der Waals surface area contributed by atoms with E-state index < -0.39 is 5.41 Å². The van der Waals surface area contributed by atoms with Gasteiger partial charge in [0, 0.05) is 45.0 Å². The number of ether oxygens (including phenoxy) is 1. The fraction of sp³-hybridized carbons (Fsp3) is 0.0182. The van der Waals surface area contributed by atoms with Gasteiger partial charge in [0.1, 0.15) is 11.5 Å². The Morgan fingerprint density at radius 1 is 0.350 bits per heavy atom. The van der Waals surface area contributed by atoms with Crippen molar-refractivity contribution in [2.45, 2.75) is 5.41 Å². The summed E-state index contributed by atoms with van der Waals surface area (Å²) in [6.45, 7) is 0. The minimum Gasteiger partial charge on any atom is -0.457 e. The largest absolute Gasteiger partial charge is 0.457 e. The summed E-state index contributed by atoms with van der Waals surface area (Å²) in [6, 6.07) is 70.1. The molecule has 10 aromatic rings. The molecule has 0 bridgehead atoms. The molecule has 2 aliphatic rings. The molecule has 280 valence electrons. The van der Waals surface area contributed by atoms with Crippen LogP contribution in [0.4, 0.5) is 0 Å². The molecule has 0 N–H and O–H groups in total. The van der Waals surface area contributed by atoms with Crippen molar-refractivity contribution in [3.8, 4) is 79.0 Å².